The van der Waals surface area contributed by atoms with Crippen LogP contribution in [-0.2, 0) is 6.54 Å². The Kier molecular flexibility index (Phi) is 3.73. The maximum absolute atomic E-state index is 14.3. The lowest BCUT2D eigenvalue weighted by Crippen LogP contribution is -2.10. The second-order valence-electron chi connectivity index (χ2n) is 5.54. The molecule has 25 heavy (non-hydrogen) atoms. The van der Waals surface area contributed by atoms with Crippen molar-refractivity contribution in [2.24, 2.45) is 4.99 Å². The van der Waals surface area contributed by atoms with Crippen molar-refractivity contribution in [2.75, 3.05) is 0 Å². The smallest absolute Gasteiger partial charge is 0.356 e. The highest BCUT2D eigenvalue weighted by atomic mass is 79.9. The molecule has 7 heteroatoms. The summed E-state index contributed by atoms with van der Waals surface area (Å²) in [7, 11) is 0. The summed E-state index contributed by atoms with van der Waals surface area (Å²) in [4.78, 5) is 15.8. The van der Waals surface area contributed by atoms with E-state index in [1.54, 1.807) is 22.9 Å². The second kappa shape index (κ2) is 5.93. The predicted octanol–water partition coefficient (Wildman–Crippen LogP) is 3.82. The molecule has 0 atom stereocenters. The van der Waals surface area contributed by atoms with E-state index in [4.69, 9.17) is 0 Å². The van der Waals surface area contributed by atoms with E-state index in [9.17, 15) is 14.3 Å². The number of fused-ring (bicyclic) bond motifs is 3. The summed E-state index contributed by atoms with van der Waals surface area (Å²) in [6.45, 7) is 0.205. The lowest BCUT2D eigenvalue weighted by molar-refractivity contribution is 0.0690. The van der Waals surface area contributed by atoms with Gasteiger partial charge in [0, 0.05) is 15.6 Å². The van der Waals surface area contributed by atoms with Gasteiger partial charge in [0.15, 0.2) is 5.69 Å². The fourth-order valence-electron chi connectivity index (χ4n) is 2.86. The van der Waals surface area contributed by atoms with Crippen LogP contribution in [0.15, 0.2) is 58.0 Å². The van der Waals surface area contributed by atoms with Crippen LogP contribution in [0, 0.1) is 5.82 Å². The topological polar surface area (TPSA) is 67.5 Å². The van der Waals surface area contributed by atoms with E-state index in [0.717, 1.165) is 4.47 Å². The molecule has 1 aromatic heterocycles. The number of halogens is 2. The minimum Gasteiger partial charge on any atom is -0.476 e. The second-order valence-corrected chi connectivity index (χ2v) is 6.46. The average Bonchev–Trinajstić information content (AvgIpc) is 2.95. The quantitative estimate of drug-likeness (QED) is 0.711. The Morgan fingerprint density at radius 1 is 1.16 bits per heavy atom. The summed E-state index contributed by atoms with van der Waals surface area (Å²) in [5.41, 5.74) is 2.83. The Balaban J connectivity index is 1.98. The maximum atomic E-state index is 14.3. The zero-order valence-corrected chi connectivity index (χ0v) is 14.4. The first-order chi connectivity index (χ1) is 12.0. The molecule has 1 N–H and O–H groups in total. The lowest BCUT2D eigenvalue weighted by Gasteiger charge is -2.12. The first-order valence-electron chi connectivity index (χ1n) is 7.46. The fourth-order valence-corrected chi connectivity index (χ4v) is 3.22. The number of carboxylic acid groups (broad SMARTS) is 1. The highest BCUT2D eigenvalue weighted by Gasteiger charge is 2.23. The Morgan fingerprint density at radius 2 is 1.96 bits per heavy atom. The third-order valence-corrected chi connectivity index (χ3v) is 4.47. The van der Waals surface area contributed by atoms with Crippen molar-refractivity contribution in [3.8, 4) is 5.69 Å². The van der Waals surface area contributed by atoms with Crippen molar-refractivity contribution in [3.05, 3.63) is 81.3 Å². The molecular weight excluding hydrogens is 389 g/mol. The minimum atomic E-state index is -1.10. The molecule has 0 radical (unpaired) electrons. The van der Waals surface area contributed by atoms with Crippen molar-refractivity contribution < 1.29 is 14.3 Å². The highest BCUT2D eigenvalue weighted by molar-refractivity contribution is 9.10. The van der Waals surface area contributed by atoms with Crippen molar-refractivity contribution in [1.29, 1.82) is 0 Å². The summed E-state index contributed by atoms with van der Waals surface area (Å²) in [5, 5.41) is 13.4. The first-order valence-corrected chi connectivity index (χ1v) is 8.26. The number of hydrogen-bond donors (Lipinski definition) is 1. The van der Waals surface area contributed by atoms with Crippen LogP contribution in [0.1, 0.15) is 27.3 Å². The van der Waals surface area contributed by atoms with Gasteiger partial charge in [-0.25, -0.2) is 13.9 Å². The molecule has 1 aliphatic rings. The Labute approximate surface area is 150 Å². The zero-order valence-electron chi connectivity index (χ0n) is 12.8. The molecule has 3 aromatic rings. The maximum Gasteiger partial charge on any atom is 0.356 e. The number of hydrogen-bond acceptors (Lipinski definition) is 3. The van der Waals surface area contributed by atoms with E-state index in [1.807, 2.05) is 18.2 Å². The molecule has 0 bridgehead atoms. The largest absolute Gasteiger partial charge is 0.476 e. The summed E-state index contributed by atoms with van der Waals surface area (Å²) < 4.78 is 16.7. The number of aromatic carboxylic acids is 1. The van der Waals surface area contributed by atoms with Gasteiger partial charge < -0.3 is 5.11 Å². The van der Waals surface area contributed by atoms with E-state index in [1.165, 1.54) is 12.1 Å². The van der Waals surface area contributed by atoms with Crippen LogP contribution in [0.3, 0.4) is 0 Å². The lowest BCUT2D eigenvalue weighted by atomic mass is 10.0. The zero-order chi connectivity index (χ0) is 17.6. The fraction of sp³-hybridized carbons (Fsp3) is 0.0556. The third-order valence-electron chi connectivity index (χ3n) is 3.97. The molecule has 0 aliphatic carbocycles. The Bertz CT molecular complexity index is 1040. The molecule has 0 saturated carbocycles. The van der Waals surface area contributed by atoms with Crippen LogP contribution < -0.4 is 0 Å². The number of rotatable bonds is 2. The molecule has 5 nitrogen and oxygen atoms in total. The molecule has 124 valence electrons. The summed E-state index contributed by atoms with van der Waals surface area (Å²) in [5.74, 6) is -1.46. The molecule has 4 rings (SSSR count). The molecule has 0 fully saturated rings. The summed E-state index contributed by atoms with van der Waals surface area (Å²) in [6.07, 6.45) is 0. The molecule has 0 unspecified atom stereocenters. The number of aromatic nitrogens is 2. The standard InChI is InChI=1S/C18H11BrFN3O2/c19-10-5-6-16-13(7-10)17(12-3-1-2-4-14(12)20)21-9-11-8-15(18(24)25)22-23(11)16/h1-8H,9H2,(H,24,25). The van der Waals surface area contributed by atoms with E-state index in [2.05, 4.69) is 26.0 Å². The van der Waals surface area contributed by atoms with Crippen molar-refractivity contribution in [2.45, 2.75) is 6.54 Å². The van der Waals surface area contributed by atoms with Gasteiger partial charge in [-0.05, 0) is 36.4 Å². The molecule has 1 aliphatic heterocycles. The van der Waals surface area contributed by atoms with Gasteiger partial charge in [-0.15, -0.1) is 0 Å². The van der Waals surface area contributed by atoms with E-state index >= 15 is 0 Å². The Morgan fingerprint density at radius 3 is 2.72 bits per heavy atom. The van der Waals surface area contributed by atoms with Crippen LogP contribution in [0.2, 0.25) is 0 Å². The predicted molar refractivity (Wildman–Crippen MR) is 94.0 cm³/mol. The number of carboxylic acids is 1. The van der Waals surface area contributed by atoms with Crippen LogP contribution in [0.25, 0.3) is 5.69 Å². The van der Waals surface area contributed by atoms with Crippen molar-refractivity contribution in [3.63, 3.8) is 0 Å². The number of nitrogens with zero attached hydrogens (tertiary/aromatic N) is 3. The van der Waals surface area contributed by atoms with E-state index in [0.29, 0.717) is 28.2 Å². The monoisotopic (exact) mass is 399 g/mol. The first kappa shape index (κ1) is 15.7. The molecule has 2 aromatic carbocycles. The molecule has 0 amide bonds. The molecule has 0 saturated heterocycles. The van der Waals surface area contributed by atoms with E-state index in [-0.39, 0.29) is 18.1 Å². The number of carbonyl (C=O) groups is 1. The van der Waals surface area contributed by atoms with Gasteiger partial charge in [-0.2, -0.15) is 5.10 Å². The van der Waals surface area contributed by atoms with Crippen LogP contribution in [0.5, 0.6) is 0 Å². The minimum absolute atomic E-state index is 0.0478. The average molecular weight is 400 g/mol. The van der Waals surface area contributed by atoms with Gasteiger partial charge in [0.1, 0.15) is 5.82 Å². The van der Waals surface area contributed by atoms with Crippen LogP contribution in [-0.4, -0.2) is 26.6 Å². The van der Waals surface area contributed by atoms with Crippen molar-refractivity contribution >= 4 is 27.6 Å². The van der Waals surface area contributed by atoms with Gasteiger partial charge in [0.05, 0.1) is 23.6 Å². The van der Waals surface area contributed by atoms with E-state index < -0.39 is 5.97 Å². The summed E-state index contributed by atoms with van der Waals surface area (Å²) in [6, 6.07) is 13.4. The van der Waals surface area contributed by atoms with Gasteiger partial charge in [0.2, 0.25) is 0 Å². The molecule has 2 heterocycles. The van der Waals surface area contributed by atoms with Gasteiger partial charge in [-0.3, -0.25) is 4.99 Å². The molecule has 0 spiro atoms. The Hall–Kier alpha value is -2.80. The molecular formula is C18H11BrFN3O2. The normalized spacial score (nSPS) is 12.8. The van der Waals surface area contributed by atoms with Gasteiger partial charge in [0.25, 0.3) is 0 Å². The SMILES string of the molecule is O=C(O)c1cc2n(n1)-c1ccc(Br)cc1C(c1ccccc1F)=NC2. The third kappa shape index (κ3) is 2.66. The van der Waals surface area contributed by atoms with Crippen LogP contribution >= 0.6 is 15.9 Å². The van der Waals surface area contributed by atoms with Gasteiger partial charge >= 0.3 is 5.97 Å². The highest BCUT2D eigenvalue weighted by Crippen LogP contribution is 2.28. The number of aliphatic imine (C=N–C) groups is 1. The number of benzene rings is 2. The van der Waals surface area contributed by atoms with Crippen LogP contribution in [0.4, 0.5) is 4.39 Å². The van der Waals surface area contributed by atoms with Gasteiger partial charge in [-0.1, -0.05) is 28.1 Å². The summed E-state index contributed by atoms with van der Waals surface area (Å²) >= 11 is 3.43. The van der Waals surface area contributed by atoms with Crippen molar-refractivity contribution in [1.82, 2.24) is 9.78 Å².